The standard InChI is InChI=1S/C14H24N4O/c1-3-11-9-12(18(4-2)17-11)13(19)16-10-14(5-6-14)7-8-15/h9H,3-8,10,15H2,1-2H3,(H,16,19). The predicted molar refractivity (Wildman–Crippen MR) is 75.0 cm³/mol. The lowest BCUT2D eigenvalue weighted by atomic mass is 10.0. The fraction of sp³-hybridized carbons (Fsp3) is 0.714. The molecule has 1 saturated carbocycles. The molecule has 0 spiro atoms. The van der Waals surface area contributed by atoms with Crippen molar-refractivity contribution in [2.75, 3.05) is 13.1 Å². The van der Waals surface area contributed by atoms with E-state index in [4.69, 9.17) is 5.73 Å². The molecule has 1 heterocycles. The van der Waals surface area contributed by atoms with E-state index >= 15 is 0 Å². The number of nitrogens with zero attached hydrogens (tertiary/aromatic N) is 2. The van der Waals surface area contributed by atoms with Crippen molar-refractivity contribution in [3.05, 3.63) is 17.5 Å². The fourth-order valence-electron chi connectivity index (χ4n) is 2.42. The van der Waals surface area contributed by atoms with Gasteiger partial charge in [-0.1, -0.05) is 6.92 Å². The molecule has 1 aliphatic carbocycles. The summed E-state index contributed by atoms with van der Waals surface area (Å²) in [6, 6.07) is 1.89. The van der Waals surface area contributed by atoms with Gasteiger partial charge < -0.3 is 11.1 Å². The first kappa shape index (κ1) is 14.1. The van der Waals surface area contributed by atoms with Gasteiger partial charge in [0.25, 0.3) is 5.91 Å². The van der Waals surface area contributed by atoms with Gasteiger partial charge in [-0.3, -0.25) is 9.48 Å². The largest absolute Gasteiger partial charge is 0.350 e. The number of amides is 1. The van der Waals surface area contributed by atoms with Gasteiger partial charge in [-0.2, -0.15) is 5.10 Å². The number of rotatable bonds is 7. The number of aryl methyl sites for hydroxylation is 2. The molecular weight excluding hydrogens is 240 g/mol. The molecule has 1 aromatic heterocycles. The van der Waals surface area contributed by atoms with E-state index in [-0.39, 0.29) is 11.3 Å². The molecule has 0 aromatic carbocycles. The highest BCUT2D eigenvalue weighted by Gasteiger charge is 2.41. The van der Waals surface area contributed by atoms with Crippen LogP contribution in [0.4, 0.5) is 0 Å². The minimum absolute atomic E-state index is 0.0163. The number of hydrogen-bond acceptors (Lipinski definition) is 3. The maximum Gasteiger partial charge on any atom is 0.269 e. The van der Waals surface area contributed by atoms with Gasteiger partial charge in [-0.25, -0.2) is 0 Å². The van der Waals surface area contributed by atoms with Crippen molar-refractivity contribution < 1.29 is 4.79 Å². The number of nitrogens with two attached hydrogens (primary N) is 1. The van der Waals surface area contributed by atoms with Crippen LogP contribution in [-0.4, -0.2) is 28.8 Å². The molecule has 0 aliphatic heterocycles. The van der Waals surface area contributed by atoms with Crippen LogP contribution in [0.5, 0.6) is 0 Å². The van der Waals surface area contributed by atoms with Gasteiger partial charge in [0.1, 0.15) is 5.69 Å². The van der Waals surface area contributed by atoms with E-state index in [9.17, 15) is 4.79 Å². The zero-order valence-electron chi connectivity index (χ0n) is 11.9. The van der Waals surface area contributed by atoms with E-state index in [1.165, 1.54) is 12.8 Å². The van der Waals surface area contributed by atoms with Crippen molar-refractivity contribution in [3.8, 4) is 0 Å². The molecule has 1 aliphatic rings. The Morgan fingerprint density at radius 2 is 2.26 bits per heavy atom. The summed E-state index contributed by atoms with van der Waals surface area (Å²) in [5, 5.41) is 7.44. The highest BCUT2D eigenvalue weighted by atomic mass is 16.2. The molecule has 106 valence electrons. The smallest absolute Gasteiger partial charge is 0.269 e. The first-order valence-corrected chi connectivity index (χ1v) is 7.19. The van der Waals surface area contributed by atoms with Gasteiger partial charge in [-0.15, -0.1) is 0 Å². The van der Waals surface area contributed by atoms with Crippen LogP contribution in [-0.2, 0) is 13.0 Å². The Bertz CT molecular complexity index is 448. The first-order valence-electron chi connectivity index (χ1n) is 7.19. The van der Waals surface area contributed by atoms with Gasteiger partial charge in [-0.05, 0) is 50.6 Å². The Labute approximate surface area is 114 Å². The second kappa shape index (κ2) is 5.74. The number of nitrogens with one attached hydrogen (secondary N) is 1. The average molecular weight is 264 g/mol. The van der Waals surface area contributed by atoms with Gasteiger partial charge in [0.2, 0.25) is 0 Å². The van der Waals surface area contributed by atoms with Gasteiger partial charge >= 0.3 is 0 Å². The topological polar surface area (TPSA) is 72.9 Å². The Balaban J connectivity index is 1.98. The van der Waals surface area contributed by atoms with Crippen LogP contribution in [0.1, 0.15) is 49.3 Å². The number of carbonyl (C=O) groups excluding carboxylic acids is 1. The summed E-state index contributed by atoms with van der Waals surface area (Å²) < 4.78 is 1.77. The van der Waals surface area contributed by atoms with Crippen molar-refractivity contribution in [2.24, 2.45) is 11.1 Å². The normalized spacial score (nSPS) is 16.4. The summed E-state index contributed by atoms with van der Waals surface area (Å²) in [6.45, 7) is 6.20. The van der Waals surface area contributed by atoms with Gasteiger partial charge in [0.15, 0.2) is 0 Å². The summed E-state index contributed by atoms with van der Waals surface area (Å²) in [6.07, 6.45) is 4.21. The van der Waals surface area contributed by atoms with E-state index in [0.717, 1.165) is 31.6 Å². The first-order chi connectivity index (χ1) is 9.14. The zero-order valence-corrected chi connectivity index (χ0v) is 11.9. The minimum Gasteiger partial charge on any atom is -0.350 e. The Kier molecular flexibility index (Phi) is 4.24. The van der Waals surface area contributed by atoms with E-state index in [0.29, 0.717) is 12.2 Å². The SMILES string of the molecule is CCc1cc(C(=O)NCC2(CCN)CC2)n(CC)n1. The van der Waals surface area contributed by atoms with Crippen LogP contribution >= 0.6 is 0 Å². The molecule has 0 unspecified atom stereocenters. The molecule has 0 saturated heterocycles. The average Bonchev–Trinajstić information content (AvgIpc) is 3.05. The molecule has 3 N–H and O–H groups in total. The zero-order chi connectivity index (χ0) is 13.9. The third kappa shape index (κ3) is 3.15. The molecule has 1 aromatic rings. The third-order valence-electron chi connectivity index (χ3n) is 3.98. The maximum absolute atomic E-state index is 12.2. The molecular formula is C14H24N4O. The highest BCUT2D eigenvalue weighted by molar-refractivity contribution is 5.92. The second-order valence-corrected chi connectivity index (χ2v) is 5.41. The van der Waals surface area contributed by atoms with E-state index in [1.54, 1.807) is 4.68 Å². The predicted octanol–water partition coefficient (Wildman–Crippen LogP) is 1.32. The lowest BCUT2D eigenvalue weighted by Crippen LogP contribution is -2.32. The van der Waals surface area contributed by atoms with Gasteiger partial charge in [0, 0.05) is 13.1 Å². The second-order valence-electron chi connectivity index (χ2n) is 5.41. The molecule has 0 bridgehead atoms. The number of hydrogen-bond donors (Lipinski definition) is 2. The Morgan fingerprint density at radius 1 is 1.53 bits per heavy atom. The molecule has 5 nitrogen and oxygen atoms in total. The van der Waals surface area contributed by atoms with Crippen molar-refractivity contribution >= 4 is 5.91 Å². The summed E-state index contributed by atoms with van der Waals surface area (Å²) >= 11 is 0. The molecule has 0 radical (unpaired) electrons. The van der Waals surface area contributed by atoms with Crippen LogP contribution in [0.2, 0.25) is 0 Å². The number of aromatic nitrogens is 2. The summed E-state index contributed by atoms with van der Waals surface area (Å²) in [4.78, 5) is 12.2. The van der Waals surface area contributed by atoms with Crippen LogP contribution in [0, 0.1) is 5.41 Å². The molecule has 5 heteroatoms. The molecule has 19 heavy (non-hydrogen) atoms. The molecule has 1 fully saturated rings. The summed E-state index contributed by atoms with van der Waals surface area (Å²) in [5.41, 5.74) is 7.52. The fourth-order valence-corrected chi connectivity index (χ4v) is 2.42. The van der Waals surface area contributed by atoms with Crippen LogP contribution in [0.15, 0.2) is 6.07 Å². The highest BCUT2D eigenvalue weighted by Crippen LogP contribution is 2.47. The molecule has 0 atom stereocenters. The van der Waals surface area contributed by atoms with Crippen molar-refractivity contribution in [1.82, 2.24) is 15.1 Å². The number of carbonyl (C=O) groups is 1. The lowest BCUT2D eigenvalue weighted by Gasteiger charge is -2.14. The van der Waals surface area contributed by atoms with Crippen LogP contribution in [0.25, 0.3) is 0 Å². The van der Waals surface area contributed by atoms with Crippen molar-refractivity contribution in [1.29, 1.82) is 0 Å². The quantitative estimate of drug-likeness (QED) is 0.780. The third-order valence-corrected chi connectivity index (χ3v) is 3.98. The van der Waals surface area contributed by atoms with Gasteiger partial charge in [0.05, 0.1) is 5.69 Å². The Morgan fingerprint density at radius 3 is 2.79 bits per heavy atom. The molecule has 2 rings (SSSR count). The molecule has 1 amide bonds. The summed E-state index contributed by atoms with van der Waals surface area (Å²) in [7, 11) is 0. The monoisotopic (exact) mass is 264 g/mol. The van der Waals surface area contributed by atoms with E-state index < -0.39 is 0 Å². The lowest BCUT2D eigenvalue weighted by molar-refractivity contribution is 0.0933. The Hall–Kier alpha value is -1.36. The summed E-state index contributed by atoms with van der Waals surface area (Å²) in [5.74, 6) is -0.0163. The van der Waals surface area contributed by atoms with Crippen LogP contribution < -0.4 is 11.1 Å². The van der Waals surface area contributed by atoms with Crippen molar-refractivity contribution in [3.63, 3.8) is 0 Å². The maximum atomic E-state index is 12.2. The van der Waals surface area contributed by atoms with E-state index in [2.05, 4.69) is 10.4 Å². The van der Waals surface area contributed by atoms with E-state index in [1.807, 2.05) is 19.9 Å². The van der Waals surface area contributed by atoms with Crippen molar-refractivity contribution in [2.45, 2.75) is 46.1 Å². The van der Waals surface area contributed by atoms with Crippen LogP contribution in [0.3, 0.4) is 0 Å². The minimum atomic E-state index is -0.0163.